The molecule has 0 unspecified atom stereocenters. The van der Waals surface area contributed by atoms with Crippen LogP contribution < -0.4 is 10.5 Å². The number of aromatic amines is 1. The van der Waals surface area contributed by atoms with Crippen LogP contribution >= 0.6 is 0 Å². The summed E-state index contributed by atoms with van der Waals surface area (Å²) in [6.07, 6.45) is 7.44. The van der Waals surface area contributed by atoms with Gasteiger partial charge < -0.3 is 10.7 Å². The number of rotatable bonds is 9. The summed E-state index contributed by atoms with van der Waals surface area (Å²) in [5, 5.41) is 0.281. The average molecular weight is 525 g/mol. The van der Waals surface area contributed by atoms with Gasteiger partial charge in [-0.15, -0.1) is 0 Å². The minimum atomic E-state index is -3.87. The summed E-state index contributed by atoms with van der Waals surface area (Å²) >= 11 is 0. The third-order valence-corrected chi connectivity index (χ3v) is 6.81. The molecule has 0 saturated carbocycles. The number of pyridine rings is 2. The van der Waals surface area contributed by atoms with Gasteiger partial charge in [-0.25, -0.2) is 32.2 Å². The predicted octanol–water partition coefficient (Wildman–Crippen LogP) is 4.32. The van der Waals surface area contributed by atoms with Gasteiger partial charge >= 0.3 is 0 Å². The summed E-state index contributed by atoms with van der Waals surface area (Å²) in [7, 11) is -3.87. The number of carbonyl (C=O) groups excluding carboxylic acids is 1. The van der Waals surface area contributed by atoms with Gasteiger partial charge in [0.25, 0.3) is 0 Å². The normalized spacial score (nSPS) is 12.4. The largest absolute Gasteiger partial charge is 0.404 e. The minimum absolute atomic E-state index is 0.0613. The van der Waals surface area contributed by atoms with E-state index in [1.807, 2.05) is 0 Å². The number of nitrogens with one attached hydrogen (secondary N) is 2. The van der Waals surface area contributed by atoms with E-state index in [4.69, 9.17) is 5.73 Å². The molecule has 0 aliphatic rings. The first-order chi connectivity index (χ1) is 17.7. The fourth-order valence-electron chi connectivity index (χ4n) is 3.59. The molecule has 0 saturated heterocycles. The zero-order chi connectivity index (χ0) is 26.6. The van der Waals surface area contributed by atoms with Crippen molar-refractivity contribution in [2.24, 2.45) is 10.7 Å². The number of hydrogen-bond donors (Lipinski definition) is 3. The molecule has 37 heavy (non-hydrogen) atoms. The Kier molecular flexibility index (Phi) is 7.39. The van der Waals surface area contributed by atoms with Gasteiger partial charge in [-0.3, -0.25) is 9.52 Å². The van der Waals surface area contributed by atoms with Crippen molar-refractivity contribution in [3.63, 3.8) is 0 Å². The van der Waals surface area contributed by atoms with E-state index in [1.54, 1.807) is 37.4 Å². The lowest BCUT2D eigenvalue weighted by Gasteiger charge is -2.11. The smallest absolute Gasteiger partial charge is 0.232 e. The number of fused-ring (bicyclic) bond motifs is 1. The van der Waals surface area contributed by atoms with Gasteiger partial charge in [0.1, 0.15) is 11.5 Å². The topological polar surface area (TPSA) is 143 Å². The summed E-state index contributed by atoms with van der Waals surface area (Å²) in [5.74, 6) is -3.24. The SMILES string of the molecule is CCCS(=O)(=O)Nc1ccc(F)c(C(=O)c2c[nH]c3ncc(C(=C/N)/C=N/c4ccccn4)cc23)c1F. The summed E-state index contributed by atoms with van der Waals surface area (Å²) in [6, 6.07) is 8.58. The van der Waals surface area contributed by atoms with Crippen LogP contribution in [0.2, 0.25) is 0 Å². The fourth-order valence-corrected chi connectivity index (χ4v) is 4.72. The Morgan fingerprint density at radius 2 is 2.03 bits per heavy atom. The van der Waals surface area contributed by atoms with Gasteiger partial charge in [0, 0.05) is 53.1 Å². The summed E-state index contributed by atoms with van der Waals surface area (Å²) < 4.78 is 56.1. The Morgan fingerprint density at radius 3 is 2.73 bits per heavy atom. The molecular formula is C25H22F2N6O3S. The molecule has 0 fully saturated rings. The molecule has 0 bridgehead atoms. The van der Waals surface area contributed by atoms with E-state index in [9.17, 15) is 17.6 Å². The molecular weight excluding hydrogens is 502 g/mol. The first kappa shape index (κ1) is 25.6. The molecule has 3 heterocycles. The number of aromatic nitrogens is 3. The molecule has 4 rings (SSSR count). The van der Waals surface area contributed by atoms with E-state index in [-0.39, 0.29) is 16.7 Å². The van der Waals surface area contributed by atoms with Crippen LogP contribution in [0.3, 0.4) is 0 Å². The van der Waals surface area contributed by atoms with Gasteiger partial charge in [-0.2, -0.15) is 0 Å². The number of aliphatic imine (C=N–C) groups is 1. The van der Waals surface area contributed by atoms with Crippen LogP contribution in [-0.2, 0) is 10.0 Å². The molecule has 0 atom stereocenters. The standard InChI is InChI=1S/C25H22F2N6O3S/c1-2-9-37(35,36)33-20-7-6-19(26)22(23(20)27)24(34)18-14-32-25-17(18)10-15(12-31-25)16(11-28)13-30-21-5-3-4-8-29-21/h3-8,10-14,33H,2,9,28H2,1H3,(H,31,32)/b16-11+,30-13+. The van der Waals surface area contributed by atoms with Crippen molar-refractivity contribution in [2.45, 2.75) is 13.3 Å². The average Bonchev–Trinajstić information content (AvgIpc) is 3.30. The molecule has 0 aliphatic heterocycles. The second-order valence-electron chi connectivity index (χ2n) is 7.92. The first-order valence-corrected chi connectivity index (χ1v) is 12.8. The molecule has 12 heteroatoms. The highest BCUT2D eigenvalue weighted by atomic mass is 32.2. The Labute approximate surface area is 211 Å². The van der Waals surface area contributed by atoms with Crippen molar-refractivity contribution in [3.05, 3.63) is 89.5 Å². The molecule has 4 N–H and O–H groups in total. The lowest BCUT2D eigenvalue weighted by molar-refractivity contribution is 0.103. The summed E-state index contributed by atoms with van der Waals surface area (Å²) in [6.45, 7) is 1.64. The van der Waals surface area contributed by atoms with Crippen LogP contribution in [0.4, 0.5) is 20.3 Å². The number of sulfonamides is 1. The molecule has 190 valence electrons. The lowest BCUT2D eigenvalue weighted by atomic mass is 10.00. The number of ketones is 1. The Hall–Kier alpha value is -4.45. The highest BCUT2D eigenvalue weighted by molar-refractivity contribution is 7.92. The lowest BCUT2D eigenvalue weighted by Crippen LogP contribution is -2.18. The van der Waals surface area contributed by atoms with Crippen LogP contribution in [0, 0.1) is 11.6 Å². The number of hydrogen-bond acceptors (Lipinski definition) is 7. The maximum atomic E-state index is 15.2. The number of nitrogens with zero attached hydrogens (tertiary/aromatic N) is 3. The summed E-state index contributed by atoms with van der Waals surface area (Å²) in [5.41, 5.74) is 5.55. The molecule has 0 spiro atoms. The highest BCUT2D eigenvalue weighted by Crippen LogP contribution is 2.28. The molecule has 0 radical (unpaired) electrons. The fraction of sp³-hybridized carbons (Fsp3) is 0.120. The van der Waals surface area contributed by atoms with E-state index >= 15 is 4.39 Å². The monoisotopic (exact) mass is 524 g/mol. The van der Waals surface area contributed by atoms with Crippen molar-refractivity contribution in [2.75, 3.05) is 10.5 Å². The third kappa shape index (κ3) is 5.54. The minimum Gasteiger partial charge on any atom is -0.404 e. The number of allylic oxidation sites excluding steroid dienone is 1. The molecule has 0 aliphatic carbocycles. The van der Waals surface area contributed by atoms with Crippen molar-refractivity contribution in [1.29, 1.82) is 0 Å². The van der Waals surface area contributed by atoms with Gasteiger partial charge in [-0.1, -0.05) is 13.0 Å². The maximum absolute atomic E-state index is 15.2. The Morgan fingerprint density at radius 1 is 1.22 bits per heavy atom. The number of halogens is 2. The van der Waals surface area contributed by atoms with Gasteiger partial charge in [0.15, 0.2) is 11.6 Å². The highest BCUT2D eigenvalue weighted by Gasteiger charge is 2.26. The molecule has 0 amide bonds. The number of benzene rings is 1. The predicted molar refractivity (Wildman–Crippen MR) is 138 cm³/mol. The quantitative estimate of drug-likeness (QED) is 0.220. The number of anilines is 1. The van der Waals surface area contributed by atoms with Gasteiger partial charge in [-0.05, 0) is 36.8 Å². The second kappa shape index (κ2) is 10.7. The van der Waals surface area contributed by atoms with E-state index in [0.29, 0.717) is 29.0 Å². The Bertz CT molecular complexity index is 1630. The number of carbonyl (C=O) groups is 1. The molecule has 4 aromatic rings. The van der Waals surface area contributed by atoms with Gasteiger partial charge in [0.05, 0.1) is 17.0 Å². The molecule has 3 aromatic heterocycles. The van der Waals surface area contributed by atoms with E-state index in [0.717, 1.165) is 12.1 Å². The number of H-pyrrole nitrogens is 1. The summed E-state index contributed by atoms with van der Waals surface area (Å²) in [4.78, 5) is 28.7. The van der Waals surface area contributed by atoms with E-state index in [2.05, 4.69) is 24.7 Å². The zero-order valence-corrected chi connectivity index (χ0v) is 20.4. The second-order valence-corrected chi connectivity index (χ2v) is 9.77. The van der Waals surface area contributed by atoms with Crippen LogP contribution in [0.15, 0.2) is 66.2 Å². The van der Waals surface area contributed by atoms with E-state index < -0.39 is 38.7 Å². The Balaban J connectivity index is 1.72. The van der Waals surface area contributed by atoms with Crippen molar-refractivity contribution < 1.29 is 22.0 Å². The van der Waals surface area contributed by atoms with Gasteiger partial charge in [0.2, 0.25) is 15.8 Å². The van der Waals surface area contributed by atoms with Crippen molar-refractivity contribution in [1.82, 2.24) is 15.0 Å². The first-order valence-electron chi connectivity index (χ1n) is 11.1. The molecule has 1 aromatic carbocycles. The van der Waals surface area contributed by atoms with Crippen molar-refractivity contribution in [3.8, 4) is 0 Å². The van der Waals surface area contributed by atoms with Crippen LogP contribution in [0.1, 0.15) is 34.8 Å². The van der Waals surface area contributed by atoms with Crippen molar-refractivity contribution >= 4 is 50.1 Å². The zero-order valence-electron chi connectivity index (χ0n) is 19.6. The van der Waals surface area contributed by atoms with E-state index in [1.165, 1.54) is 24.8 Å². The maximum Gasteiger partial charge on any atom is 0.232 e. The van der Waals surface area contributed by atoms with Crippen LogP contribution in [-0.4, -0.2) is 41.1 Å². The van der Waals surface area contributed by atoms with Crippen LogP contribution in [0.25, 0.3) is 16.6 Å². The molecule has 9 nitrogen and oxygen atoms in total. The third-order valence-electron chi connectivity index (χ3n) is 5.33. The number of nitrogens with two attached hydrogens (primary N) is 1. The van der Waals surface area contributed by atoms with Crippen LogP contribution in [0.5, 0.6) is 0 Å².